The van der Waals surface area contributed by atoms with Crippen LogP contribution in [0.2, 0.25) is 0 Å². The van der Waals surface area contributed by atoms with Gasteiger partial charge in [-0.2, -0.15) is 0 Å². The molecule has 0 spiro atoms. The zero-order valence-corrected chi connectivity index (χ0v) is 29.0. The van der Waals surface area contributed by atoms with Crippen molar-refractivity contribution in [3.05, 3.63) is 94.6 Å². The third-order valence-electron chi connectivity index (χ3n) is 7.66. The molecular formula is C34H35F6N7O7. The summed E-state index contributed by atoms with van der Waals surface area (Å²) < 4.78 is 85.3. The predicted octanol–water partition coefficient (Wildman–Crippen LogP) is 5.39. The van der Waals surface area contributed by atoms with Crippen LogP contribution < -0.4 is 21.1 Å². The molecule has 1 saturated heterocycles. The summed E-state index contributed by atoms with van der Waals surface area (Å²) in [5, 5.41) is 17.4. The molecule has 0 bridgehead atoms. The maximum Gasteiger partial charge on any atom is 0.426 e. The van der Waals surface area contributed by atoms with Crippen LogP contribution in [0.15, 0.2) is 48.5 Å². The zero-order valence-electron chi connectivity index (χ0n) is 29.0. The highest BCUT2D eigenvalue weighted by atomic mass is 19.2. The molecule has 1 aromatic heterocycles. The Morgan fingerprint density at radius 2 is 1.56 bits per heavy atom. The van der Waals surface area contributed by atoms with Crippen LogP contribution in [-0.4, -0.2) is 68.0 Å². The summed E-state index contributed by atoms with van der Waals surface area (Å²) in [4.78, 5) is 53.8. The van der Waals surface area contributed by atoms with E-state index >= 15 is 0 Å². The summed E-state index contributed by atoms with van der Waals surface area (Å²) in [6, 6.07) is 10.0. The molecule has 290 valence electrons. The van der Waals surface area contributed by atoms with Gasteiger partial charge in [0.05, 0.1) is 11.8 Å². The van der Waals surface area contributed by atoms with E-state index in [0.29, 0.717) is 36.0 Å². The van der Waals surface area contributed by atoms with E-state index in [1.807, 2.05) is 5.43 Å². The number of piperidine rings is 1. The third-order valence-corrected chi connectivity index (χ3v) is 7.66. The molecular weight excluding hydrogens is 732 g/mol. The molecule has 0 saturated carbocycles. The number of benzene rings is 3. The van der Waals surface area contributed by atoms with Crippen molar-refractivity contribution in [3.8, 4) is 0 Å². The van der Waals surface area contributed by atoms with Gasteiger partial charge in [-0.15, -0.1) is 5.10 Å². The van der Waals surface area contributed by atoms with Gasteiger partial charge in [-0.1, -0.05) is 17.0 Å². The minimum Gasteiger partial charge on any atom is -0.464 e. The largest absolute Gasteiger partial charge is 0.464 e. The number of ether oxygens (including phenoxy) is 1. The number of aromatic nitrogens is 3. The molecule has 1 aliphatic rings. The Balaban J connectivity index is 0.000000247. The molecule has 4 amide bonds. The Hall–Kier alpha value is -6.08. The maximum atomic E-state index is 13.6. The SMILES string of the molecule is CC(C)(C)OC(=O)NN1CCCC(c2cc(F)c(F)c(F)c2)C1=O.O=C(O)NNC(=O)C(CCCOn1nnc2ccccc21)c1cc(F)c(F)c(F)c1. The fourth-order valence-electron chi connectivity index (χ4n) is 5.29. The lowest BCUT2D eigenvalue weighted by Crippen LogP contribution is -2.52. The first-order chi connectivity index (χ1) is 25.4. The van der Waals surface area contributed by atoms with Gasteiger partial charge in [-0.3, -0.25) is 20.0 Å². The van der Waals surface area contributed by atoms with Gasteiger partial charge in [0.25, 0.3) is 0 Å². The van der Waals surface area contributed by atoms with Crippen LogP contribution in [0.1, 0.15) is 69.4 Å². The van der Waals surface area contributed by atoms with Crippen LogP contribution in [0.25, 0.3) is 11.0 Å². The summed E-state index contributed by atoms with van der Waals surface area (Å²) in [5.74, 6) is -12.3. The summed E-state index contributed by atoms with van der Waals surface area (Å²) in [6.45, 7) is 5.35. The quantitative estimate of drug-likeness (QED) is 0.0753. The number of fused-ring (bicyclic) bond motifs is 1. The van der Waals surface area contributed by atoms with Crippen molar-refractivity contribution >= 4 is 35.0 Å². The van der Waals surface area contributed by atoms with Gasteiger partial charge < -0.3 is 14.7 Å². The Bertz CT molecular complexity index is 1960. The molecule has 3 aromatic carbocycles. The molecule has 20 heteroatoms. The van der Waals surface area contributed by atoms with E-state index in [9.17, 15) is 45.5 Å². The Morgan fingerprint density at radius 3 is 2.17 bits per heavy atom. The molecule has 5 rings (SSSR count). The molecule has 14 nitrogen and oxygen atoms in total. The lowest BCUT2D eigenvalue weighted by molar-refractivity contribution is -0.138. The fraction of sp³-hybridized carbons (Fsp3) is 0.353. The van der Waals surface area contributed by atoms with Gasteiger partial charge in [0.15, 0.2) is 34.9 Å². The minimum absolute atomic E-state index is 0.0181. The van der Waals surface area contributed by atoms with Gasteiger partial charge in [0.1, 0.15) is 23.2 Å². The number of halogens is 6. The number of nitrogens with zero attached hydrogens (tertiary/aromatic N) is 4. The van der Waals surface area contributed by atoms with Gasteiger partial charge in [0, 0.05) is 6.54 Å². The number of carboxylic acid groups (broad SMARTS) is 1. The van der Waals surface area contributed by atoms with Crippen molar-refractivity contribution < 1.29 is 60.2 Å². The average Bonchev–Trinajstić information content (AvgIpc) is 3.51. The smallest absolute Gasteiger partial charge is 0.426 e. The van der Waals surface area contributed by atoms with Crippen molar-refractivity contribution in [3.63, 3.8) is 0 Å². The first kappa shape index (κ1) is 40.7. The average molecular weight is 768 g/mol. The van der Waals surface area contributed by atoms with Crippen LogP contribution >= 0.6 is 0 Å². The first-order valence-corrected chi connectivity index (χ1v) is 16.3. The lowest BCUT2D eigenvalue weighted by atomic mass is 9.90. The molecule has 0 aliphatic carbocycles. The summed E-state index contributed by atoms with van der Waals surface area (Å²) in [5.41, 5.74) is 6.31. The van der Waals surface area contributed by atoms with E-state index in [-0.39, 0.29) is 37.1 Å². The van der Waals surface area contributed by atoms with Crippen molar-refractivity contribution in [2.45, 2.75) is 63.9 Å². The second-order valence-corrected chi connectivity index (χ2v) is 12.8. The third kappa shape index (κ3) is 10.7. The summed E-state index contributed by atoms with van der Waals surface area (Å²) in [7, 11) is 0. The number of carbonyl (C=O) groups excluding carboxylic acids is 3. The second-order valence-electron chi connectivity index (χ2n) is 12.8. The highest BCUT2D eigenvalue weighted by molar-refractivity contribution is 5.86. The van der Waals surface area contributed by atoms with Crippen molar-refractivity contribution in [1.29, 1.82) is 0 Å². The van der Waals surface area contributed by atoms with E-state index in [4.69, 9.17) is 14.7 Å². The topological polar surface area (TPSA) is 177 Å². The number of para-hydroxylation sites is 1. The van der Waals surface area contributed by atoms with Gasteiger partial charge in [-0.25, -0.2) is 46.8 Å². The van der Waals surface area contributed by atoms with Crippen LogP contribution in [0, 0.1) is 34.9 Å². The molecule has 4 aromatic rings. The monoisotopic (exact) mass is 767 g/mol. The molecule has 1 aliphatic heterocycles. The lowest BCUT2D eigenvalue weighted by Gasteiger charge is -2.33. The van der Waals surface area contributed by atoms with Crippen LogP contribution in [0.4, 0.5) is 35.9 Å². The molecule has 0 radical (unpaired) electrons. The molecule has 2 heterocycles. The standard InChI is InChI=1S/C18H16F3N5O4.C16H19F3N2O3/c19-12-8-10(9-13(20)16(12)21)11(17(27)23-24-18(28)29)4-3-7-30-26-15-6-2-1-5-14(15)22-25-26;1-16(2,3)24-15(23)20-21-6-4-5-10(14(21)22)9-7-11(17)13(19)12(18)8-9/h1-2,5-6,8-9,11,24H,3-4,7H2,(H,23,27)(H,28,29);7-8,10H,4-6H2,1-3H3,(H,20,23). The van der Waals surface area contributed by atoms with Crippen LogP contribution in [0.5, 0.6) is 0 Å². The number of rotatable bonds is 9. The summed E-state index contributed by atoms with van der Waals surface area (Å²) >= 11 is 0. The molecule has 4 N–H and O–H groups in total. The number of carbonyl (C=O) groups is 4. The van der Waals surface area contributed by atoms with E-state index in [2.05, 4.69) is 15.7 Å². The normalized spacial score (nSPS) is 14.8. The van der Waals surface area contributed by atoms with E-state index < -0.39 is 76.3 Å². The number of hydrogen-bond acceptors (Lipinski definition) is 8. The fourth-order valence-corrected chi connectivity index (χ4v) is 5.29. The first-order valence-electron chi connectivity index (χ1n) is 16.3. The highest BCUT2D eigenvalue weighted by Gasteiger charge is 2.33. The van der Waals surface area contributed by atoms with Crippen molar-refractivity contribution in [2.24, 2.45) is 0 Å². The van der Waals surface area contributed by atoms with Gasteiger partial charge >= 0.3 is 12.2 Å². The van der Waals surface area contributed by atoms with E-state index in [1.54, 1.807) is 50.5 Å². The molecule has 2 unspecified atom stereocenters. The molecule has 54 heavy (non-hydrogen) atoms. The van der Waals surface area contributed by atoms with Gasteiger partial charge in [-0.05, 0) is 99.2 Å². The number of hydrogen-bond donors (Lipinski definition) is 4. The maximum absolute atomic E-state index is 13.6. The van der Waals surface area contributed by atoms with Crippen molar-refractivity contribution in [1.82, 2.24) is 36.4 Å². The predicted molar refractivity (Wildman–Crippen MR) is 176 cm³/mol. The van der Waals surface area contributed by atoms with Crippen LogP contribution in [-0.2, 0) is 14.3 Å². The van der Waals surface area contributed by atoms with E-state index in [1.165, 1.54) is 4.85 Å². The number of hydrazine groups is 2. The Morgan fingerprint density at radius 1 is 0.944 bits per heavy atom. The van der Waals surface area contributed by atoms with Crippen molar-refractivity contribution in [2.75, 3.05) is 13.2 Å². The molecule has 1 fully saturated rings. The Labute approximate surface area is 303 Å². The Kier molecular flexibility index (Phi) is 13.3. The van der Waals surface area contributed by atoms with E-state index in [0.717, 1.165) is 17.1 Å². The zero-order chi connectivity index (χ0) is 39.7. The number of nitrogens with one attached hydrogen (secondary N) is 3. The minimum atomic E-state index is -1.66. The summed E-state index contributed by atoms with van der Waals surface area (Å²) in [6.07, 6.45) is -1.24. The van der Waals surface area contributed by atoms with Gasteiger partial charge in [0.2, 0.25) is 11.8 Å². The second kappa shape index (κ2) is 17.6. The molecule has 2 atom stereocenters. The number of amides is 4. The van der Waals surface area contributed by atoms with Crippen LogP contribution in [0.3, 0.4) is 0 Å². The highest BCUT2D eigenvalue weighted by Crippen LogP contribution is 2.30.